The average molecular weight is 404 g/mol. The number of nitrogens with one attached hydrogen (secondary N) is 1. The number of ether oxygens (including phenoxy) is 2. The Kier molecular flexibility index (Phi) is 6.30. The standard InChI is InChI=1S/C21H28N2O6/c1-28-16-11-14-6-10-23(13-15(14)12-17(16)29-2)19(25)4-8-21(9-5-20(26)27)7-3-18(24)22-21/h11-12H,3-10,13H2,1-2H3,(H,22,24)(H,26,27). The smallest absolute Gasteiger partial charge is 0.303 e. The monoisotopic (exact) mass is 404 g/mol. The molecule has 2 N–H and O–H groups in total. The van der Waals surface area contributed by atoms with Gasteiger partial charge in [0.05, 0.1) is 14.2 Å². The van der Waals surface area contributed by atoms with E-state index in [0.29, 0.717) is 50.3 Å². The van der Waals surface area contributed by atoms with Gasteiger partial charge in [0.15, 0.2) is 11.5 Å². The molecule has 0 bridgehead atoms. The van der Waals surface area contributed by atoms with E-state index in [1.807, 2.05) is 17.0 Å². The predicted molar refractivity (Wildman–Crippen MR) is 105 cm³/mol. The van der Waals surface area contributed by atoms with Gasteiger partial charge in [-0.3, -0.25) is 14.4 Å². The zero-order valence-corrected chi connectivity index (χ0v) is 17.0. The summed E-state index contributed by atoms with van der Waals surface area (Å²) in [6.07, 6.45) is 2.76. The summed E-state index contributed by atoms with van der Waals surface area (Å²) >= 11 is 0. The first-order valence-corrected chi connectivity index (χ1v) is 9.90. The van der Waals surface area contributed by atoms with E-state index in [-0.39, 0.29) is 24.7 Å². The van der Waals surface area contributed by atoms with Crippen molar-refractivity contribution >= 4 is 17.8 Å². The number of carbonyl (C=O) groups is 3. The Morgan fingerprint density at radius 3 is 2.34 bits per heavy atom. The van der Waals surface area contributed by atoms with Gasteiger partial charge in [-0.2, -0.15) is 0 Å². The van der Waals surface area contributed by atoms with Gasteiger partial charge < -0.3 is 24.8 Å². The second-order valence-corrected chi connectivity index (χ2v) is 7.76. The van der Waals surface area contributed by atoms with Crippen molar-refractivity contribution in [1.29, 1.82) is 0 Å². The Labute approximate surface area is 170 Å². The summed E-state index contributed by atoms with van der Waals surface area (Å²) in [5.74, 6) is 0.371. The summed E-state index contributed by atoms with van der Waals surface area (Å²) in [5.41, 5.74) is 1.60. The Bertz CT molecular complexity index is 809. The first-order chi connectivity index (χ1) is 13.9. The van der Waals surface area contributed by atoms with Crippen molar-refractivity contribution in [2.75, 3.05) is 20.8 Å². The number of hydrogen-bond donors (Lipinski definition) is 2. The molecule has 1 aromatic carbocycles. The zero-order valence-electron chi connectivity index (χ0n) is 17.0. The number of aliphatic carboxylic acids is 1. The number of nitrogens with zero attached hydrogens (tertiary/aromatic N) is 1. The predicted octanol–water partition coefficient (Wildman–Crippen LogP) is 1.88. The molecular formula is C21H28N2O6. The molecule has 158 valence electrons. The third kappa shape index (κ3) is 4.81. The topological polar surface area (TPSA) is 105 Å². The number of amides is 2. The molecule has 1 aromatic rings. The van der Waals surface area contributed by atoms with Gasteiger partial charge in [-0.1, -0.05) is 0 Å². The van der Waals surface area contributed by atoms with Gasteiger partial charge in [0, 0.05) is 37.9 Å². The second kappa shape index (κ2) is 8.71. The fourth-order valence-electron chi connectivity index (χ4n) is 4.22. The van der Waals surface area contributed by atoms with Gasteiger partial charge in [-0.25, -0.2) is 0 Å². The summed E-state index contributed by atoms with van der Waals surface area (Å²) in [5, 5.41) is 11.9. The minimum Gasteiger partial charge on any atom is -0.493 e. The van der Waals surface area contributed by atoms with Crippen LogP contribution in [0.5, 0.6) is 11.5 Å². The first-order valence-electron chi connectivity index (χ1n) is 9.90. The lowest BCUT2D eigenvalue weighted by Crippen LogP contribution is -2.44. The molecule has 0 aromatic heterocycles. The fraction of sp³-hybridized carbons (Fsp3) is 0.571. The van der Waals surface area contributed by atoms with Crippen molar-refractivity contribution in [2.45, 2.75) is 57.0 Å². The first kappa shape index (κ1) is 21.0. The molecular weight excluding hydrogens is 376 g/mol. The van der Waals surface area contributed by atoms with Crippen LogP contribution in [-0.2, 0) is 27.3 Å². The highest BCUT2D eigenvalue weighted by Crippen LogP contribution is 2.34. The minimum absolute atomic E-state index is 0.0151. The summed E-state index contributed by atoms with van der Waals surface area (Å²) in [7, 11) is 3.19. The number of carboxylic acids is 1. The molecule has 1 saturated heterocycles. The molecule has 2 amide bonds. The van der Waals surface area contributed by atoms with Crippen LogP contribution in [0.1, 0.15) is 49.7 Å². The maximum Gasteiger partial charge on any atom is 0.303 e. The van der Waals surface area contributed by atoms with E-state index >= 15 is 0 Å². The largest absolute Gasteiger partial charge is 0.493 e. The highest BCUT2D eigenvalue weighted by atomic mass is 16.5. The van der Waals surface area contributed by atoms with Crippen LogP contribution < -0.4 is 14.8 Å². The van der Waals surface area contributed by atoms with Gasteiger partial charge >= 0.3 is 5.97 Å². The SMILES string of the molecule is COc1cc2c(cc1OC)CN(C(=O)CCC1(CCC(=O)O)CCC(=O)N1)CC2. The fourth-order valence-corrected chi connectivity index (χ4v) is 4.22. The Balaban J connectivity index is 1.64. The van der Waals surface area contributed by atoms with Crippen LogP contribution in [0.4, 0.5) is 0 Å². The number of rotatable bonds is 8. The van der Waals surface area contributed by atoms with E-state index in [0.717, 1.165) is 17.5 Å². The van der Waals surface area contributed by atoms with Crippen molar-refractivity contribution < 1.29 is 29.0 Å². The molecule has 0 aliphatic carbocycles. The van der Waals surface area contributed by atoms with Crippen LogP contribution in [0, 0.1) is 0 Å². The number of benzene rings is 1. The van der Waals surface area contributed by atoms with E-state index in [2.05, 4.69) is 5.32 Å². The number of methoxy groups -OCH3 is 2. The molecule has 0 radical (unpaired) electrons. The van der Waals surface area contributed by atoms with Crippen molar-refractivity contribution in [2.24, 2.45) is 0 Å². The maximum absolute atomic E-state index is 12.8. The van der Waals surface area contributed by atoms with Crippen LogP contribution >= 0.6 is 0 Å². The maximum atomic E-state index is 12.8. The quantitative estimate of drug-likeness (QED) is 0.685. The second-order valence-electron chi connectivity index (χ2n) is 7.76. The van der Waals surface area contributed by atoms with Crippen LogP contribution in [-0.4, -0.2) is 54.1 Å². The molecule has 2 aliphatic rings. The van der Waals surface area contributed by atoms with Gasteiger partial charge in [-0.05, 0) is 48.9 Å². The Morgan fingerprint density at radius 2 is 1.76 bits per heavy atom. The van der Waals surface area contributed by atoms with Crippen LogP contribution in [0.25, 0.3) is 0 Å². The van der Waals surface area contributed by atoms with Crippen LogP contribution in [0.3, 0.4) is 0 Å². The Hall–Kier alpha value is -2.77. The van der Waals surface area contributed by atoms with Crippen molar-refractivity contribution in [3.63, 3.8) is 0 Å². The molecule has 2 aliphatic heterocycles. The average Bonchev–Trinajstić information content (AvgIpc) is 3.10. The van der Waals surface area contributed by atoms with Gasteiger partial charge in [-0.15, -0.1) is 0 Å². The minimum atomic E-state index is -0.895. The van der Waals surface area contributed by atoms with Gasteiger partial charge in [0.2, 0.25) is 11.8 Å². The van der Waals surface area contributed by atoms with Crippen molar-refractivity contribution in [3.05, 3.63) is 23.3 Å². The van der Waals surface area contributed by atoms with Crippen LogP contribution in [0.15, 0.2) is 12.1 Å². The third-order valence-corrected chi connectivity index (χ3v) is 5.94. The summed E-state index contributed by atoms with van der Waals surface area (Å²) in [6, 6.07) is 3.88. The van der Waals surface area contributed by atoms with E-state index in [1.165, 1.54) is 0 Å². The molecule has 2 heterocycles. The molecule has 3 rings (SSSR count). The molecule has 8 heteroatoms. The summed E-state index contributed by atoms with van der Waals surface area (Å²) in [4.78, 5) is 37.4. The number of carboxylic acid groups (broad SMARTS) is 1. The van der Waals surface area contributed by atoms with Crippen molar-refractivity contribution in [1.82, 2.24) is 10.2 Å². The van der Waals surface area contributed by atoms with E-state index in [4.69, 9.17) is 14.6 Å². The zero-order chi connectivity index (χ0) is 21.0. The molecule has 29 heavy (non-hydrogen) atoms. The molecule has 1 atom stereocenters. The highest BCUT2D eigenvalue weighted by Gasteiger charge is 2.38. The van der Waals surface area contributed by atoms with Gasteiger partial charge in [0.25, 0.3) is 0 Å². The number of hydrogen-bond acceptors (Lipinski definition) is 5. The Morgan fingerprint density at radius 1 is 1.10 bits per heavy atom. The molecule has 8 nitrogen and oxygen atoms in total. The molecule has 1 fully saturated rings. The number of fused-ring (bicyclic) bond motifs is 1. The van der Waals surface area contributed by atoms with E-state index in [1.54, 1.807) is 14.2 Å². The van der Waals surface area contributed by atoms with Gasteiger partial charge in [0.1, 0.15) is 0 Å². The lowest BCUT2D eigenvalue weighted by Gasteiger charge is -2.32. The van der Waals surface area contributed by atoms with E-state index < -0.39 is 11.5 Å². The lowest BCUT2D eigenvalue weighted by atomic mass is 9.86. The van der Waals surface area contributed by atoms with Crippen LogP contribution in [0.2, 0.25) is 0 Å². The lowest BCUT2D eigenvalue weighted by molar-refractivity contribution is -0.137. The highest BCUT2D eigenvalue weighted by molar-refractivity contribution is 5.80. The molecule has 1 unspecified atom stereocenters. The number of carbonyl (C=O) groups excluding carboxylic acids is 2. The third-order valence-electron chi connectivity index (χ3n) is 5.94. The normalized spacial score (nSPS) is 20.8. The molecule has 0 spiro atoms. The van der Waals surface area contributed by atoms with Crippen molar-refractivity contribution in [3.8, 4) is 11.5 Å². The summed E-state index contributed by atoms with van der Waals surface area (Å²) < 4.78 is 10.7. The van der Waals surface area contributed by atoms with E-state index in [9.17, 15) is 14.4 Å². The summed E-state index contributed by atoms with van der Waals surface area (Å²) in [6.45, 7) is 1.12. The molecule has 0 saturated carbocycles.